The third-order valence-corrected chi connectivity index (χ3v) is 10.4. The summed E-state index contributed by atoms with van der Waals surface area (Å²) >= 11 is 1.03. The molecule has 1 aromatic heterocycles. The second-order valence-electron chi connectivity index (χ2n) is 13.5. The Morgan fingerprint density at radius 3 is 2.58 bits per heavy atom. The Balaban J connectivity index is 1.26. The van der Waals surface area contributed by atoms with Crippen molar-refractivity contribution in [3.63, 3.8) is 0 Å². The van der Waals surface area contributed by atoms with E-state index >= 15 is 0 Å². The van der Waals surface area contributed by atoms with Gasteiger partial charge in [0.25, 0.3) is 11.8 Å². The van der Waals surface area contributed by atoms with Crippen LogP contribution in [0, 0.1) is 11.3 Å². The van der Waals surface area contributed by atoms with E-state index in [1.807, 2.05) is 19.2 Å². The number of ether oxygens (including phenoxy) is 1. The Labute approximate surface area is 294 Å². The number of β-lactam (4-membered cyclic amide) rings is 1. The molecular formula is C31H44N8O9S2. The number of thiazole rings is 1. The third-order valence-electron chi connectivity index (χ3n) is 9.42. The lowest BCUT2D eigenvalue weighted by atomic mass is 9.84. The molecular weight excluding hydrogens is 693 g/mol. The molecule has 1 aliphatic carbocycles. The minimum atomic E-state index is -4.99. The molecule has 274 valence electrons. The van der Waals surface area contributed by atoms with E-state index in [4.69, 9.17) is 25.3 Å². The SMILES string of the molecule is CNC[C@H]1CC[C@@H](NC(=N)c2ccc3c(c2)CC[C@H]([C@@](C)(CO)O/N=C(\C(=O)N[C@@H]2C(=O)N(OS(=O)(=O)O)C2(C)C)c2csc(N)n2)O3)CC1. The van der Waals surface area contributed by atoms with Gasteiger partial charge >= 0.3 is 10.4 Å². The van der Waals surface area contributed by atoms with Gasteiger partial charge in [-0.05, 0) is 103 Å². The van der Waals surface area contributed by atoms with Crippen molar-refractivity contribution in [3.05, 3.63) is 40.4 Å². The number of nitrogens with two attached hydrogens (primary N) is 1. The van der Waals surface area contributed by atoms with Crippen LogP contribution in [0.1, 0.15) is 69.7 Å². The molecule has 0 spiro atoms. The summed E-state index contributed by atoms with van der Waals surface area (Å²) in [5.41, 5.74) is 4.32. The number of benzene rings is 1. The van der Waals surface area contributed by atoms with Crippen LogP contribution in [-0.2, 0) is 35.5 Å². The molecule has 3 heterocycles. The smallest absolute Gasteiger partial charge is 0.418 e. The molecule has 0 bridgehead atoms. The number of hydrogen-bond acceptors (Lipinski definition) is 14. The summed E-state index contributed by atoms with van der Waals surface area (Å²) in [4.78, 5) is 36.1. The number of nitrogen functional groups attached to an aromatic ring is 1. The molecule has 2 amide bonds. The van der Waals surface area contributed by atoms with Crippen LogP contribution in [0.4, 0.5) is 5.13 Å². The molecule has 2 aromatic rings. The predicted octanol–water partition coefficient (Wildman–Crippen LogP) is 1.12. The number of rotatable bonds is 13. The van der Waals surface area contributed by atoms with Gasteiger partial charge in [-0.25, -0.2) is 4.98 Å². The minimum Gasteiger partial charge on any atom is -0.486 e. The highest BCUT2D eigenvalue weighted by Crippen LogP contribution is 2.35. The number of amides is 2. The maximum atomic E-state index is 13.5. The van der Waals surface area contributed by atoms with Gasteiger partial charge in [0.1, 0.15) is 29.4 Å². The lowest BCUT2D eigenvalue weighted by Gasteiger charge is -2.50. The molecule has 17 nitrogen and oxygen atoms in total. The highest BCUT2D eigenvalue weighted by Gasteiger charge is 2.58. The molecule has 19 heteroatoms. The molecule has 2 aliphatic heterocycles. The Bertz CT molecular complexity index is 1740. The summed E-state index contributed by atoms with van der Waals surface area (Å²) in [6.07, 6.45) is 4.59. The molecule has 0 radical (unpaired) electrons. The van der Waals surface area contributed by atoms with E-state index in [9.17, 15) is 23.1 Å². The number of aryl methyl sites for hydroxylation is 1. The van der Waals surface area contributed by atoms with Crippen LogP contribution in [0.25, 0.3) is 0 Å². The predicted molar refractivity (Wildman–Crippen MR) is 184 cm³/mol. The van der Waals surface area contributed by atoms with Crippen LogP contribution in [0.2, 0.25) is 0 Å². The van der Waals surface area contributed by atoms with E-state index in [0.717, 1.165) is 54.7 Å². The number of aromatic nitrogens is 1. The number of amidine groups is 1. The number of fused-ring (bicyclic) bond motifs is 1. The van der Waals surface area contributed by atoms with E-state index in [2.05, 4.69) is 30.4 Å². The summed E-state index contributed by atoms with van der Waals surface area (Å²) < 4.78 is 42.0. The van der Waals surface area contributed by atoms with Gasteiger partial charge in [0.2, 0.25) is 0 Å². The molecule has 3 aliphatic rings. The Morgan fingerprint density at radius 2 is 1.98 bits per heavy atom. The van der Waals surface area contributed by atoms with Gasteiger partial charge < -0.3 is 36.4 Å². The van der Waals surface area contributed by atoms with Gasteiger partial charge in [-0.1, -0.05) is 5.16 Å². The van der Waals surface area contributed by atoms with Crippen molar-refractivity contribution in [2.45, 2.75) is 88.6 Å². The fourth-order valence-corrected chi connectivity index (χ4v) is 7.42. The summed E-state index contributed by atoms with van der Waals surface area (Å²) in [5, 5.41) is 34.4. The largest absolute Gasteiger partial charge is 0.486 e. The number of aliphatic hydroxyl groups excluding tert-OH is 1. The van der Waals surface area contributed by atoms with E-state index in [1.165, 1.54) is 19.2 Å². The lowest BCUT2D eigenvalue weighted by Crippen LogP contribution is -2.76. The number of nitrogens with one attached hydrogen (secondary N) is 4. The van der Waals surface area contributed by atoms with Gasteiger partial charge in [0, 0.05) is 17.0 Å². The third kappa shape index (κ3) is 8.18. The van der Waals surface area contributed by atoms with Crippen LogP contribution in [0.3, 0.4) is 0 Å². The number of hydroxylamine groups is 2. The first-order valence-corrected chi connectivity index (χ1v) is 18.5. The molecule has 50 heavy (non-hydrogen) atoms. The molecule has 1 saturated carbocycles. The van der Waals surface area contributed by atoms with Crippen molar-refractivity contribution in [2.75, 3.05) is 25.9 Å². The maximum Gasteiger partial charge on any atom is 0.418 e. The fourth-order valence-electron chi connectivity index (χ4n) is 6.42. The average molecular weight is 737 g/mol. The van der Waals surface area contributed by atoms with E-state index in [-0.39, 0.29) is 22.6 Å². The second-order valence-corrected chi connectivity index (χ2v) is 15.4. The standard InChI is InChI=1S/C31H44N8O9S2/c1-30(2)25(28(42)39(30)48-50(43,44)45)37-27(41)24(21-15-49-29(33)36-21)38-47-31(3,16-40)23-12-8-18-13-19(7-11-22(18)46-23)26(32)35-20-9-5-17(6-10-20)14-34-4/h7,11,13,15,17,20,23,25,34,40H,5-6,8-10,12,14,16H2,1-4H3,(H2,32,35)(H2,33,36)(H,37,41)(H,43,44,45)/b38-24-/t17-,20+,23-,25-,31-/m1/s1. The number of aliphatic hydroxyl groups is 1. The molecule has 1 aromatic carbocycles. The van der Waals surface area contributed by atoms with Gasteiger partial charge in [0.15, 0.2) is 16.4 Å². The minimum absolute atomic E-state index is 0.0328. The van der Waals surface area contributed by atoms with Gasteiger partial charge in [0.05, 0.1) is 12.1 Å². The lowest BCUT2D eigenvalue weighted by molar-refractivity contribution is -0.218. The first-order valence-electron chi connectivity index (χ1n) is 16.2. The molecule has 5 rings (SSSR count). The van der Waals surface area contributed by atoms with Gasteiger partial charge in [-0.15, -0.1) is 15.6 Å². The number of nitrogens with zero attached hydrogens (tertiary/aromatic N) is 3. The molecule has 1 saturated heterocycles. The molecule has 8 N–H and O–H groups in total. The zero-order valence-corrected chi connectivity index (χ0v) is 29.9. The van der Waals surface area contributed by atoms with Crippen LogP contribution in [0.15, 0.2) is 28.7 Å². The number of hydrogen-bond donors (Lipinski definition) is 7. The number of anilines is 1. The van der Waals surface area contributed by atoms with Crippen molar-refractivity contribution in [2.24, 2.45) is 11.1 Å². The van der Waals surface area contributed by atoms with Crippen LogP contribution in [0.5, 0.6) is 5.75 Å². The van der Waals surface area contributed by atoms with Crippen LogP contribution >= 0.6 is 11.3 Å². The summed E-state index contributed by atoms with van der Waals surface area (Å²) in [6, 6.07) is 4.54. The summed E-state index contributed by atoms with van der Waals surface area (Å²) in [7, 11) is -3.02. The van der Waals surface area contributed by atoms with Gasteiger partial charge in [-0.2, -0.15) is 13.5 Å². The number of carbonyl (C=O) groups is 2. The molecule has 3 atom stereocenters. The van der Waals surface area contributed by atoms with Crippen LogP contribution in [-0.4, -0.2) is 101 Å². The first-order chi connectivity index (χ1) is 23.5. The quantitative estimate of drug-likeness (QED) is 0.0501. The van der Waals surface area contributed by atoms with Crippen molar-refractivity contribution >= 4 is 50.2 Å². The zero-order chi connectivity index (χ0) is 36.4. The molecule has 2 fully saturated rings. The summed E-state index contributed by atoms with van der Waals surface area (Å²) in [6.45, 7) is 4.89. The molecule has 0 unspecified atom stereocenters. The highest BCUT2D eigenvalue weighted by atomic mass is 32.3. The average Bonchev–Trinajstić information content (AvgIpc) is 3.51. The van der Waals surface area contributed by atoms with Crippen molar-refractivity contribution in [3.8, 4) is 5.75 Å². The van der Waals surface area contributed by atoms with Gasteiger partial charge in [-0.3, -0.25) is 19.6 Å². The van der Waals surface area contributed by atoms with E-state index < -0.39 is 52.1 Å². The maximum absolute atomic E-state index is 13.5. The Hall–Kier alpha value is -3.88. The Morgan fingerprint density at radius 1 is 1.26 bits per heavy atom. The second kappa shape index (κ2) is 14.8. The van der Waals surface area contributed by atoms with Crippen LogP contribution < -0.4 is 26.4 Å². The summed E-state index contributed by atoms with van der Waals surface area (Å²) in [5.74, 6) is -0.229. The fraction of sp³-hybridized carbons (Fsp3) is 0.581. The Kier molecular flexibility index (Phi) is 11.0. The number of oxime groups is 1. The number of carbonyl (C=O) groups excluding carboxylic acids is 2. The topological polar surface area (TPSA) is 251 Å². The van der Waals surface area contributed by atoms with Crippen molar-refractivity contribution < 1.29 is 41.5 Å². The monoisotopic (exact) mass is 736 g/mol. The van der Waals surface area contributed by atoms with Crippen molar-refractivity contribution in [1.82, 2.24) is 26.0 Å². The normalized spacial score (nSPS) is 24.6. The highest BCUT2D eigenvalue weighted by molar-refractivity contribution is 7.80. The van der Waals surface area contributed by atoms with E-state index in [0.29, 0.717) is 35.4 Å². The van der Waals surface area contributed by atoms with E-state index in [1.54, 1.807) is 13.0 Å². The first kappa shape index (κ1) is 37.4. The zero-order valence-electron chi connectivity index (χ0n) is 28.3. The van der Waals surface area contributed by atoms with Crippen molar-refractivity contribution in [1.29, 1.82) is 5.41 Å².